The average molecular weight is 510 g/mol. The summed E-state index contributed by atoms with van der Waals surface area (Å²) in [5.41, 5.74) is 1.04. The minimum Gasteiger partial charge on any atom is -0.490 e. The van der Waals surface area contributed by atoms with Gasteiger partial charge in [0.05, 0.1) is 6.61 Å². The van der Waals surface area contributed by atoms with Crippen molar-refractivity contribution in [2.75, 3.05) is 26.7 Å². The number of ether oxygens (including phenoxy) is 2. The number of hydrogen-bond acceptors (Lipinski definition) is 4. The number of halogens is 1. The normalized spacial score (nSPS) is 14.8. The quantitative estimate of drug-likeness (QED) is 0.345. The Morgan fingerprint density at radius 3 is 2.62 bits per heavy atom. The molecule has 1 aromatic heterocycles. The third-order valence-electron chi connectivity index (χ3n) is 4.73. The Hall–Kier alpha value is -2.03. The van der Waals surface area contributed by atoms with Crippen molar-refractivity contribution in [3.8, 4) is 11.6 Å². The van der Waals surface area contributed by atoms with Gasteiger partial charge in [-0.25, -0.2) is 4.98 Å². The summed E-state index contributed by atoms with van der Waals surface area (Å²) in [7, 11) is 1.83. The van der Waals surface area contributed by atoms with E-state index in [0.717, 1.165) is 49.6 Å². The molecule has 1 saturated heterocycles. The number of rotatable bonds is 7. The Kier molecular flexibility index (Phi) is 10.0. The van der Waals surface area contributed by atoms with Crippen LogP contribution in [0.2, 0.25) is 0 Å². The van der Waals surface area contributed by atoms with Crippen molar-refractivity contribution >= 4 is 29.9 Å². The molecule has 0 saturated carbocycles. The van der Waals surface area contributed by atoms with Crippen LogP contribution in [0.1, 0.15) is 31.7 Å². The number of hydrogen-bond donors (Lipinski definition) is 1. The number of guanidine groups is 1. The summed E-state index contributed by atoms with van der Waals surface area (Å²) < 4.78 is 11.8. The van der Waals surface area contributed by atoms with Crippen LogP contribution in [0.15, 0.2) is 53.7 Å². The molecular formula is C22H31IN4O2. The standard InChI is InChI=1S/C22H30N4O2.HI/c1-3-16-27-21-18(8-7-13-24-21)17-25-22(23-2)26-14-11-20(12-15-26)28-19-9-5-4-6-10-19;/h4-10,13,20H,3,11-12,14-17H2,1-2H3,(H,23,25);1H. The molecule has 0 amide bonds. The van der Waals surface area contributed by atoms with E-state index in [1.807, 2.05) is 49.5 Å². The number of nitrogens with one attached hydrogen (secondary N) is 1. The van der Waals surface area contributed by atoms with Gasteiger partial charge >= 0.3 is 0 Å². The minimum absolute atomic E-state index is 0. The maximum absolute atomic E-state index is 6.09. The topological polar surface area (TPSA) is 59.0 Å². The molecule has 1 fully saturated rings. The van der Waals surface area contributed by atoms with E-state index >= 15 is 0 Å². The summed E-state index contributed by atoms with van der Waals surface area (Å²) in [5, 5.41) is 3.45. The number of aromatic nitrogens is 1. The van der Waals surface area contributed by atoms with Gasteiger partial charge < -0.3 is 19.7 Å². The zero-order valence-corrected chi connectivity index (χ0v) is 19.5. The van der Waals surface area contributed by atoms with Crippen LogP contribution < -0.4 is 14.8 Å². The Morgan fingerprint density at radius 1 is 1.17 bits per heavy atom. The lowest BCUT2D eigenvalue weighted by atomic mass is 10.1. The Morgan fingerprint density at radius 2 is 1.93 bits per heavy atom. The van der Waals surface area contributed by atoms with Crippen molar-refractivity contribution in [1.82, 2.24) is 15.2 Å². The van der Waals surface area contributed by atoms with E-state index in [0.29, 0.717) is 19.0 Å². The molecule has 1 aliphatic rings. The third-order valence-corrected chi connectivity index (χ3v) is 4.73. The second kappa shape index (κ2) is 12.5. The lowest BCUT2D eigenvalue weighted by molar-refractivity contribution is 0.129. The average Bonchev–Trinajstić information content (AvgIpc) is 2.75. The molecule has 29 heavy (non-hydrogen) atoms. The van der Waals surface area contributed by atoms with Crippen LogP contribution in [0.3, 0.4) is 0 Å². The van der Waals surface area contributed by atoms with Gasteiger partial charge in [-0.1, -0.05) is 31.2 Å². The van der Waals surface area contributed by atoms with Gasteiger partial charge in [0.15, 0.2) is 5.96 Å². The molecule has 2 heterocycles. The van der Waals surface area contributed by atoms with Gasteiger partial charge in [0.1, 0.15) is 11.9 Å². The molecule has 1 N–H and O–H groups in total. The fourth-order valence-electron chi connectivity index (χ4n) is 3.27. The molecule has 158 valence electrons. The Bertz CT molecular complexity index is 749. The van der Waals surface area contributed by atoms with Crippen LogP contribution in [0.25, 0.3) is 0 Å². The molecular weight excluding hydrogens is 479 g/mol. The zero-order chi connectivity index (χ0) is 19.6. The van der Waals surface area contributed by atoms with Crippen molar-refractivity contribution in [3.05, 3.63) is 54.2 Å². The molecule has 0 aliphatic carbocycles. The fraction of sp³-hybridized carbons (Fsp3) is 0.455. The van der Waals surface area contributed by atoms with Crippen LogP contribution in [0.4, 0.5) is 0 Å². The molecule has 2 aromatic rings. The smallest absolute Gasteiger partial charge is 0.218 e. The summed E-state index contributed by atoms with van der Waals surface area (Å²) >= 11 is 0. The molecule has 1 aliphatic heterocycles. The van der Waals surface area contributed by atoms with E-state index in [4.69, 9.17) is 9.47 Å². The number of pyridine rings is 1. The molecule has 0 bridgehead atoms. The molecule has 0 unspecified atom stereocenters. The second-order valence-electron chi connectivity index (χ2n) is 6.83. The first-order chi connectivity index (χ1) is 13.8. The minimum atomic E-state index is 0. The fourth-order valence-corrected chi connectivity index (χ4v) is 3.27. The van der Waals surface area contributed by atoms with Crippen molar-refractivity contribution < 1.29 is 9.47 Å². The first kappa shape index (κ1) is 23.3. The largest absolute Gasteiger partial charge is 0.490 e. The van der Waals surface area contributed by atoms with Crippen LogP contribution in [0, 0.1) is 0 Å². The van der Waals surface area contributed by atoms with Crippen molar-refractivity contribution in [1.29, 1.82) is 0 Å². The molecule has 0 atom stereocenters. The second-order valence-corrected chi connectivity index (χ2v) is 6.83. The maximum atomic E-state index is 6.09. The predicted octanol–water partition coefficient (Wildman–Crippen LogP) is 4.11. The van der Waals surface area contributed by atoms with Gasteiger partial charge in [0, 0.05) is 51.3 Å². The molecule has 0 spiro atoms. The van der Waals surface area contributed by atoms with Gasteiger partial charge in [0.2, 0.25) is 5.88 Å². The number of piperidine rings is 1. The van der Waals surface area contributed by atoms with Gasteiger partial charge in [0.25, 0.3) is 0 Å². The summed E-state index contributed by atoms with van der Waals surface area (Å²) in [6, 6.07) is 14.0. The SMILES string of the molecule is CCCOc1ncccc1CNC(=NC)N1CCC(Oc2ccccc2)CC1.I. The third kappa shape index (κ3) is 7.06. The number of aliphatic imine (C=N–C) groups is 1. The van der Waals surface area contributed by atoms with E-state index in [1.165, 1.54) is 0 Å². The highest BCUT2D eigenvalue weighted by Gasteiger charge is 2.22. The number of para-hydroxylation sites is 1. The zero-order valence-electron chi connectivity index (χ0n) is 17.2. The summed E-state index contributed by atoms with van der Waals surface area (Å²) in [5.74, 6) is 2.55. The highest BCUT2D eigenvalue weighted by molar-refractivity contribution is 14.0. The van der Waals surface area contributed by atoms with Crippen molar-refractivity contribution in [2.24, 2.45) is 4.99 Å². The number of likely N-dealkylation sites (tertiary alicyclic amines) is 1. The van der Waals surface area contributed by atoms with E-state index in [-0.39, 0.29) is 30.1 Å². The van der Waals surface area contributed by atoms with E-state index in [1.54, 1.807) is 6.20 Å². The van der Waals surface area contributed by atoms with E-state index < -0.39 is 0 Å². The predicted molar refractivity (Wildman–Crippen MR) is 127 cm³/mol. The molecule has 3 rings (SSSR count). The number of nitrogens with zero attached hydrogens (tertiary/aromatic N) is 3. The van der Waals surface area contributed by atoms with E-state index in [9.17, 15) is 0 Å². The van der Waals surface area contributed by atoms with Crippen LogP contribution >= 0.6 is 24.0 Å². The summed E-state index contributed by atoms with van der Waals surface area (Å²) in [6.07, 6.45) is 4.94. The summed E-state index contributed by atoms with van der Waals surface area (Å²) in [6.45, 7) is 5.24. The monoisotopic (exact) mass is 510 g/mol. The Labute approximate surface area is 190 Å². The first-order valence-electron chi connectivity index (χ1n) is 10.0. The van der Waals surface area contributed by atoms with Gasteiger partial charge in [-0.3, -0.25) is 4.99 Å². The highest BCUT2D eigenvalue weighted by Crippen LogP contribution is 2.19. The maximum Gasteiger partial charge on any atom is 0.218 e. The lowest BCUT2D eigenvalue weighted by Crippen LogP contribution is -2.47. The van der Waals surface area contributed by atoms with Crippen LogP contribution in [0.5, 0.6) is 11.6 Å². The summed E-state index contributed by atoms with van der Waals surface area (Å²) in [4.78, 5) is 11.1. The van der Waals surface area contributed by atoms with Gasteiger partial charge in [-0.15, -0.1) is 24.0 Å². The molecule has 0 radical (unpaired) electrons. The van der Waals surface area contributed by atoms with E-state index in [2.05, 4.69) is 27.1 Å². The molecule has 6 nitrogen and oxygen atoms in total. The highest BCUT2D eigenvalue weighted by atomic mass is 127. The van der Waals surface area contributed by atoms with Crippen molar-refractivity contribution in [3.63, 3.8) is 0 Å². The van der Waals surface area contributed by atoms with Crippen LogP contribution in [-0.4, -0.2) is 48.7 Å². The Balaban J connectivity index is 0.00000300. The van der Waals surface area contributed by atoms with Crippen molar-refractivity contribution in [2.45, 2.75) is 38.8 Å². The van der Waals surface area contributed by atoms with Gasteiger partial charge in [-0.05, 0) is 24.6 Å². The molecule has 1 aromatic carbocycles. The lowest BCUT2D eigenvalue weighted by Gasteiger charge is -2.34. The molecule has 7 heteroatoms. The van der Waals surface area contributed by atoms with Crippen LogP contribution in [-0.2, 0) is 6.54 Å². The van der Waals surface area contributed by atoms with Gasteiger partial charge in [-0.2, -0.15) is 0 Å². The number of benzene rings is 1. The first-order valence-corrected chi connectivity index (χ1v) is 10.0.